The molecule has 2 rings (SSSR count). The number of anilines is 1. The Morgan fingerprint density at radius 3 is 2.52 bits per heavy atom. The van der Waals surface area contributed by atoms with Gasteiger partial charge in [0, 0.05) is 22.6 Å². The van der Waals surface area contributed by atoms with Gasteiger partial charge in [-0.2, -0.15) is 0 Å². The average molecular weight is 359 g/mol. The molecular weight excluding hydrogens is 349 g/mol. The zero-order chi connectivity index (χ0) is 15.6. The maximum atomic E-state index is 13.5. The highest BCUT2D eigenvalue weighted by molar-refractivity contribution is 9.10. The highest BCUT2D eigenvalue weighted by Crippen LogP contribution is 2.18. The molecule has 0 aliphatic carbocycles. The first-order valence-corrected chi connectivity index (χ1v) is 6.64. The largest absolute Gasteiger partial charge is 0.396 e. The monoisotopic (exact) mass is 358 g/mol. The molecule has 1 amide bonds. The Morgan fingerprint density at radius 1 is 1.10 bits per heavy atom. The van der Waals surface area contributed by atoms with Crippen LogP contribution in [0.25, 0.3) is 0 Å². The van der Waals surface area contributed by atoms with Gasteiger partial charge in [0.05, 0.1) is 11.3 Å². The van der Waals surface area contributed by atoms with Crippen LogP contribution in [-0.2, 0) is 6.54 Å². The van der Waals surface area contributed by atoms with E-state index in [1.54, 1.807) is 0 Å². The lowest BCUT2D eigenvalue weighted by Crippen LogP contribution is -2.24. The summed E-state index contributed by atoms with van der Waals surface area (Å²) in [5.41, 5.74) is 4.78. The van der Waals surface area contributed by atoms with Gasteiger partial charge in [-0.05, 0) is 24.3 Å². The van der Waals surface area contributed by atoms with Crippen molar-refractivity contribution in [2.75, 3.05) is 5.73 Å². The van der Waals surface area contributed by atoms with Crippen molar-refractivity contribution in [3.05, 3.63) is 63.4 Å². The molecule has 0 radical (unpaired) electrons. The summed E-state index contributed by atoms with van der Waals surface area (Å²) in [6.45, 7) is -0.138. The van der Waals surface area contributed by atoms with Crippen molar-refractivity contribution in [2.24, 2.45) is 0 Å². The normalized spacial score (nSPS) is 10.5. The molecule has 2 aromatic rings. The van der Waals surface area contributed by atoms with Crippen molar-refractivity contribution in [1.82, 2.24) is 5.32 Å². The van der Waals surface area contributed by atoms with Crippen LogP contribution in [0.5, 0.6) is 0 Å². The Labute approximate surface area is 127 Å². The highest BCUT2D eigenvalue weighted by Gasteiger charge is 2.15. The number of nitrogens with two attached hydrogens (primary N) is 1. The third-order valence-corrected chi connectivity index (χ3v) is 3.27. The molecule has 0 saturated heterocycles. The molecule has 0 fully saturated rings. The van der Waals surface area contributed by atoms with Crippen LogP contribution in [0.4, 0.5) is 18.9 Å². The Balaban J connectivity index is 2.15. The number of amides is 1. The molecule has 0 aromatic heterocycles. The van der Waals surface area contributed by atoms with Gasteiger partial charge in [-0.3, -0.25) is 4.79 Å². The van der Waals surface area contributed by atoms with Crippen LogP contribution in [-0.4, -0.2) is 5.91 Å². The average Bonchev–Trinajstić information content (AvgIpc) is 2.43. The van der Waals surface area contributed by atoms with E-state index in [1.807, 2.05) is 0 Å². The van der Waals surface area contributed by atoms with Crippen LogP contribution in [0.3, 0.4) is 0 Å². The van der Waals surface area contributed by atoms with Crippen LogP contribution in [0.1, 0.15) is 15.9 Å². The Hall–Kier alpha value is -2.02. The minimum atomic E-state index is -1.03. The molecule has 2 aromatic carbocycles. The van der Waals surface area contributed by atoms with E-state index in [1.165, 1.54) is 18.2 Å². The minimum absolute atomic E-state index is 0.138. The quantitative estimate of drug-likeness (QED) is 0.826. The number of rotatable bonds is 3. The number of nitrogens with one attached hydrogen (secondary N) is 1. The fraction of sp³-hybridized carbons (Fsp3) is 0.0714. The summed E-state index contributed by atoms with van der Waals surface area (Å²) in [7, 11) is 0. The van der Waals surface area contributed by atoms with Gasteiger partial charge in [-0.25, -0.2) is 13.2 Å². The van der Waals surface area contributed by atoms with Crippen LogP contribution in [0.2, 0.25) is 0 Å². The molecule has 0 aliphatic rings. The number of hydrogen-bond acceptors (Lipinski definition) is 2. The first-order chi connectivity index (χ1) is 9.88. The van der Waals surface area contributed by atoms with Crippen LogP contribution in [0.15, 0.2) is 34.8 Å². The van der Waals surface area contributed by atoms with Crippen molar-refractivity contribution in [3.8, 4) is 0 Å². The van der Waals surface area contributed by atoms with E-state index in [-0.39, 0.29) is 17.8 Å². The lowest BCUT2D eigenvalue weighted by molar-refractivity contribution is 0.0946. The smallest absolute Gasteiger partial charge is 0.254 e. The van der Waals surface area contributed by atoms with Crippen molar-refractivity contribution in [1.29, 1.82) is 0 Å². The number of carbonyl (C=O) groups is 1. The second-order valence-corrected chi connectivity index (χ2v) is 5.19. The number of halogens is 4. The molecule has 0 heterocycles. The van der Waals surface area contributed by atoms with Crippen LogP contribution < -0.4 is 11.1 Å². The summed E-state index contributed by atoms with van der Waals surface area (Å²) < 4.78 is 40.7. The summed E-state index contributed by atoms with van der Waals surface area (Å²) >= 11 is 3.18. The van der Waals surface area contributed by atoms with E-state index >= 15 is 0 Å². The Kier molecular flexibility index (Phi) is 4.52. The third-order valence-electron chi connectivity index (χ3n) is 2.78. The van der Waals surface area contributed by atoms with Crippen molar-refractivity contribution in [2.45, 2.75) is 6.54 Å². The fourth-order valence-electron chi connectivity index (χ4n) is 1.69. The third kappa shape index (κ3) is 3.55. The zero-order valence-corrected chi connectivity index (χ0v) is 12.2. The van der Waals surface area contributed by atoms with Crippen molar-refractivity contribution < 1.29 is 18.0 Å². The molecule has 7 heteroatoms. The van der Waals surface area contributed by atoms with Crippen molar-refractivity contribution >= 4 is 27.5 Å². The first kappa shape index (κ1) is 15.4. The maximum absolute atomic E-state index is 13.5. The molecule has 3 N–H and O–H groups in total. The first-order valence-electron chi connectivity index (χ1n) is 5.85. The molecule has 3 nitrogen and oxygen atoms in total. The standard InChI is InChI=1S/C14H10BrF3N2O/c15-8-1-2-10(16)7(3-8)6-20-14(21)9-4-13(19)12(18)5-11(9)17/h1-5H,6,19H2,(H,20,21). The predicted molar refractivity (Wildman–Crippen MR) is 76.0 cm³/mol. The van der Waals surface area contributed by atoms with Gasteiger partial charge in [-0.15, -0.1) is 0 Å². The van der Waals surface area contributed by atoms with E-state index in [0.717, 1.165) is 6.07 Å². The molecule has 0 atom stereocenters. The zero-order valence-electron chi connectivity index (χ0n) is 10.6. The van der Waals surface area contributed by atoms with E-state index in [0.29, 0.717) is 10.5 Å². The van der Waals surface area contributed by atoms with Gasteiger partial charge < -0.3 is 11.1 Å². The Bertz CT molecular complexity index is 707. The van der Waals surface area contributed by atoms with Gasteiger partial charge in [0.2, 0.25) is 0 Å². The highest BCUT2D eigenvalue weighted by atomic mass is 79.9. The number of carbonyl (C=O) groups excluding carboxylic acids is 1. The van der Waals surface area contributed by atoms with E-state index in [9.17, 15) is 18.0 Å². The summed E-state index contributed by atoms with van der Waals surface area (Å²) in [6, 6.07) is 5.68. The number of benzene rings is 2. The topological polar surface area (TPSA) is 55.1 Å². The summed E-state index contributed by atoms with van der Waals surface area (Å²) in [5.74, 6) is -3.29. The van der Waals surface area contributed by atoms with Gasteiger partial charge in [0.25, 0.3) is 5.91 Å². The lowest BCUT2D eigenvalue weighted by atomic mass is 10.1. The van der Waals surface area contributed by atoms with Gasteiger partial charge >= 0.3 is 0 Å². The van der Waals surface area contributed by atoms with Gasteiger partial charge in [0.15, 0.2) is 0 Å². The molecular formula is C14H10BrF3N2O. The molecule has 0 saturated carbocycles. The van der Waals surface area contributed by atoms with Crippen molar-refractivity contribution in [3.63, 3.8) is 0 Å². The molecule has 0 spiro atoms. The lowest BCUT2D eigenvalue weighted by Gasteiger charge is -2.08. The minimum Gasteiger partial charge on any atom is -0.396 e. The SMILES string of the molecule is Nc1cc(C(=O)NCc2cc(Br)ccc2F)c(F)cc1F. The molecule has 110 valence electrons. The fourth-order valence-corrected chi connectivity index (χ4v) is 2.10. The van der Waals surface area contributed by atoms with E-state index in [2.05, 4.69) is 21.2 Å². The molecule has 0 unspecified atom stereocenters. The second kappa shape index (κ2) is 6.17. The van der Waals surface area contributed by atoms with Crippen LogP contribution in [0, 0.1) is 17.5 Å². The van der Waals surface area contributed by atoms with Gasteiger partial charge in [-0.1, -0.05) is 15.9 Å². The molecule has 21 heavy (non-hydrogen) atoms. The summed E-state index contributed by atoms with van der Waals surface area (Å²) in [6.07, 6.45) is 0. The molecule has 0 aliphatic heterocycles. The van der Waals surface area contributed by atoms with E-state index < -0.39 is 28.9 Å². The predicted octanol–water partition coefficient (Wildman–Crippen LogP) is 3.38. The van der Waals surface area contributed by atoms with Crippen LogP contribution >= 0.6 is 15.9 Å². The van der Waals surface area contributed by atoms with E-state index in [4.69, 9.17) is 5.73 Å². The summed E-state index contributed by atoms with van der Waals surface area (Å²) in [5, 5.41) is 2.35. The molecule has 0 bridgehead atoms. The Morgan fingerprint density at radius 2 is 1.81 bits per heavy atom. The van der Waals surface area contributed by atoms with Gasteiger partial charge in [0.1, 0.15) is 17.5 Å². The summed E-state index contributed by atoms with van der Waals surface area (Å²) in [4.78, 5) is 11.8. The maximum Gasteiger partial charge on any atom is 0.254 e. The number of nitrogen functional groups attached to an aromatic ring is 1. The number of hydrogen-bond donors (Lipinski definition) is 2. The second-order valence-electron chi connectivity index (χ2n) is 4.27.